The van der Waals surface area contributed by atoms with Crippen molar-refractivity contribution in [3.05, 3.63) is 69.1 Å². The Balaban J connectivity index is 2.00. The molecule has 2 heterocycles. The van der Waals surface area contributed by atoms with Crippen molar-refractivity contribution in [2.24, 2.45) is 0 Å². The second-order valence-corrected chi connectivity index (χ2v) is 6.42. The van der Waals surface area contributed by atoms with E-state index in [4.69, 9.17) is 11.6 Å². The lowest BCUT2D eigenvalue weighted by Crippen LogP contribution is -2.10. The van der Waals surface area contributed by atoms with E-state index >= 15 is 0 Å². The molecule has 3 aromatic rings. The van der Waals surface area contributed by atoms with Gasteiger partial charge in [-0.3, -0.25) is 10.1 Å². The topological polar surface area (TPSA) is 132 Å². The summed E-state index contributed by atoms with van der Waals surface area (Å²) in [5, 5.41) is 16.4. The van der Waals surface area contributed by atoms with Gasteiger partial charge in [0.05, 0.1) is 33.9 Å². The Morgan fingerprint density at radius 3 is 2.38 bits per heavy atom. The molecule has 3 rings (SSSR count). The Labute approximate surface area is 182 Å². The second kappa shape index (κ2) is 9.01. The number of nitrogens with zero attached hydrogens (tertiary/aromatic N) is 4. The number of ether oxygens (including phenoxy) is 1. The number of esters is 1. The molecule has 1 aromatic carbocycles. The van der Waals surface area contributed by atoms with Crippen molar-refractivity contribution in [1.82, 2.24) is 15.0 Å². The van der Waals surface area contributed by atoms with Gasteiger partial charge < -0.3 is 15.4 Å². The highest BCUT2D eigenvalue weighted by molar-refractivity contribution is 6.33. The fraction of sp³-hybridized carbons (Fsp3) is 0.111. The summed E-state index contributed by atoms with van der Waals surface area (Å²) in [6.07, 6.45) is -3.18. The van der Waals surface area contributed by atoms with E-state index in [1.165, 1.54) is 19.2 Å². The molecule has 0 aliphatic carbocycles. The highest BCUT2D eigenvalue weighted by Crippen LogP contribution is 2.36. The van der Waals surface area contributed by atoms with Gasteiger partial charge in [0, 0.05) is 6.20 Å². The van der Waals surface area contributed by atoms with Crippen molar-refractivity contribution >= 4 is 46.4 Å². The summed E-state index contributed by atoms with van der Waals surface area (Å²) in [4.78, 5) is 34.0. The van der Waals surface area contributed by atoms with Crippen LogP contribution in [0.1, 0.15) is 15.9 Å². The van der Waals surface area contributed by atoms with Crippen LogP contribution in [0.4, 0.5) is 42.0 Å². The molecule has 0 saturated carbocycles. The zero-order valence-electron chi connectivity index (χ0n) is 16.0. The maximum absolute atomic E-state index is 12.8. The third kappa shape index (κ3) is 4.83. The normalized spacial score (nSPS) is 11.0. The molecule has 0 radical (unpaired) electrons. The van der Waals surface area contributed by atoms with Crippen molar-refractivity contribution in [1.29, 1.82) is 0 Å². The molecule has 0 spiro atoms. The second-order valence-electron chi connectivity index (χ2n) is 6.02. The number of rotatable bonds is 6. The summed E-state index contributed by atoms with van der Waals surface area (Å²) >= 11 is 5.85. The fourth-order valence-electron chi connectivity index (χ4n) is 2.54. The Hall–Kier alpha value is -4.00. The first-order valence-electron chi connectivity index (χ1n) is 8.55. The number of halogens is 4. The number of para-hydroxylation sites is 1. The van der Waals surface area contributed by atoms with E-state index in [2.05, 4.69) is 30.3 Å². The van der Waals surface area contributed by atoms with Crippen LogP contribution in [-0.4, -0.2) is 33.0 Å². The lowest BCUT2D eigenvalue weighted by Gasteiger charge is -2.13. The number of benzene rings is 1. The maximum atomic E-state index is 12.8. The molecule has 0 unspecified atom stereocenters. The average molecular weight is 469 g/mol. The van der Waals surface area contributed by atoms with E-state index in [1.807, 2.05) is 0 Å². The van der Waals surface area contributed by atoms with Crippen LogP contribution in [0, 0.1) is 10.1 Å². The molecule has 0 fully saturated rings. The van der Waals surface area contributed by atoms with Crippen LogP contribution in [0.25, 0.3) is 0 Å². The quantitative estimate of drug-likeness (QED) is 0.299. The number of hydrogen-bond donors (Lipinski definition) is 2. The monoisotopic (exact) mass is 468 g/mol. The predicted molar refractivity (Wildman–Crippen MR) is 107 cm³/mol. The molecule has 10 nitrogen and oxygen atoms in total. The highest BCUT2D eigenvalue weighted by Gasteiger charge is 2.32. The van der Waals surface area contributed by atoms with Gasteiger partial charge in [-0.25, -0.2) is 19.7 Å². The summed E-state index contributed by atoms with van der Waals surface area (Å²) < 4.78 is 43.1. The standard InChI is InChI=1S/C18H12ClF3N6O4/c1-32-17(29)10-4-2-3-5-12(10)26-15-13(28(30)31)16(25-8-24-15)27-14-11(19)6-9(7-23-14)18(20,21)22/h2-8H,1H3,(H2,23,24,25,26,27). The van der Waals surface area contributed by atoms with Crippen molar-refractivity contribution in [2.45, 2.75) is 6.18 Å². The smallest absolute Gasteiger partial charge is 0.417 e. The van der Waals surface area contributed by atoms with Gasteiger partial charge in [-0.15, -0.1) is 0 Å². The molecule has 166 valence electrons. The van der Waals surface area contributed by atoms with E-state index < -0.39 is 39.2 Å². The van der Waals surface area contributed by atoms with Gasteiger partial charge >= 0.3 is 17.8 Å². The molecule has 2 N–H and O–H groups in total. The third-order valence-electron chi connectivity index (χ3n) is 4.00. The predicted octanol–water partition coefficient (Wildman–Crippen LogP) is 4.73. The zero-order valence-corrected chi connectivity index (χ0v) is 16.7. The summed E-state index contributed by atoms with van der Waals surface area (Å²) in [7, 11) is 1.18. The summed E-state index contributed by atoms with van der Waals surface area (Å²) in [5.41, 5.74) is -1.50. The van der Waals surface area contributed by atoms with Gasteiger partial charge in [0.1, 0.15) is 6.33 Å². The van der Waals surface area contributed by atoms with Crippen LogP contribution in [0.5, 0.6) is 0 Å². The molecule has 0 atom stereocenters. The fourth-order valence-corrected chi connectivity index (χ4v) is 2.75. The number of alkyl halides is 3. The molecule has 0 aliphatic rings. The van der Waals surface area contributed by atoms with Crippen LogP contribution < -0.4 is 10.6 Å². The molecular formula is C18H12ClF3N6O4. The highest BCUT2D eigenvalue weighted by atomic mass is 35.5. The Morgan fingerprint density at radius 1 is 1.12 bits per heavy atom. The largest absolute Gasteiger partial charge is 0.465 e. The van der Waals surface area contributed by atoms with Crippen LogP contribution in [0.15, 0.2) is 42.9 Å². The van der Waals surface area contributed by atoms with E-state index in [9.17, 15) is 28.1 Å². The van der Waals surface area contributed by atoms with Gasteiger partial charge in [-0.05, 0) is 18.2 Å². The minimum absolute atomic E-state index is 0.0878. The number of nitro groups is 1. The Kier molecular flexibility index (Phi) is 6.39. The number of carbonyl (C=O) groups is 1. The SMILES string of the molecule is COC(=O)c1ccccc1Nc1ncnc(Nc2ncc(C(F)(F)F)cc2Cl)c1[N+](=O)[O-]. The molecular weight excluding hydrogens is 457 g/mol. The minimum atomic E-state index is -4.67. The summed E-state index contributed by atoms with van der Waals surface area (Å²) in [6.45, 7) is 0. The Morgan fingerprint density at radius 2 is 1.78 bits per heavy atom. The summed E-state index contributed by atoms with van der Waals surface area (Å²) in [6, 6.07) is 6.67. The van der Waals surface area contributed by atoms with Crippen LogP contribution in [-0.2, 0) is 10.9 Å². The van der Waals surface area contributed by atoms with Gasteiger partial charge in [0.2, 0.25) is 11.6 Å². The molecule has 0 saturated heterocycles. The van der Waals surface area contributed by atoms with E-state index in [0.717, 1.165) is 6.33 Å². The number of carbonyl (C=O) groups excluding carboxylic acids is 1. The first kappa shape index (κ1) is 22.7. The van der Waals surface area contributed by atoms with Crippen LogP contribution in [0.2, 0.25) is 5.02 Å². The van der Waals surface area contributed by atoms with Crippen molar-refractivity contribution in [3.8, 4) is 0 Å². The van der Waals surface area contributed by atoms with Crippen molar-refractivity contribution < 1.29 is 27.6 Å². The van der Waals surface area contributed by atoms with Crippen molar-refractivity contribution in [3.63, 3.8) is 0 Å². The van der Waals surface area contributed by atoms with E-state index in [1.54, 1.807) is 12.1 Å². The van der Waals surface area contributed by atoms with Gasteiger partial charge in [0.25, 0.3) is 0 Å². The lowest BCUT2D eigenvalue weighted by molar-refractivity contribution is -0.383. The van der Waals surface area contributed by atoms with Gasteiger partial charge in [-0.2, -0.15) is 13.2 Å². The molecule has 0 bridgehead atoms. The zero-order chi connectivity index (χ0) is 23.5. The van der Waals surface area contributed by atoms with Gasteiger partial charge in [-0.1, -0.05) is 23.7 Å². The van der Waals surface area contributed by atoms with E-state index in [0.29, 0.717) is 12.3 Å². The molecule has 32 heavy (non-hydrogen) atoms. The summed E-state index contributed by atoms with van der Waals surface area (Å²) in [5.74, 6) is -1.67. The van der Waals surface area contributed by atoms with Gasteiger partial charge in [0.15, 0.2) is 5.82 Å². The van der Waals surface area contributed by atoms with Crippen LogP contribution >= 0.6 is 11.6 Å². The average Bonchev–Trinajstić information content (AvgIpc) is 2.74. The molecule has 0 aliphatic heterocycles. The number of anilines is 4. The number of methoxy groups -OCH3 is 1. The molecule has 14 heteroatoms. The number of nitrogens with one attached hydrogen (secondary N) is 2. The minimum Gasteiger partial charge on any atom is -0.465 e. The molecule has 2 aromatic heterocycles. The number of aromatic nitrogens is 3. The third-order valence-corrected chi connectivity index (χ3v) is 4.28. The number of hydrogen-bond acceptors (Lipinski definition) is 9. The maximum Gasteiger partial charge on any atom is 0.417 e. The first-order valence-corrected chi connectivity index (χ1v) is 8.93. The number of pyridine rings is 1. The van der Waals surface area contributed by atoms with E-state index in [-0.39, 0.29) is 22.9 Å². The lowest BCUT2D eigenvalue weighted by atomic mass is 10.2. The first-order chi connectivity index (χ1) is 15.1. The van der Waals surface area contributed by atoms with Crippen LogP contribution in [0.3, 0.4) is 0 Å². The Bertz CT molecular complexity index is 1190. The van der Waals surface area contributed by atoms with Crippen molar-refractivity contribution in [2.75, 3.05) is 17.7 Å². The molecule has 0 amide bonds.